The average molecular weight is 437 g/mol. The summed E-state index contributed by atoms with van der Waals surface area (Å²) >= 11 is 0. The molecule has 1 saturated heterocycles. The topological polar surface area (TPSA) is 92.3 Å². The van der Waals surface area contributed by atoms with E-state index in [0.29, 0.717) is 46.2 Å². The van der Waals surface area contributed by atoms with Crippen LogP contribution in [0.4, 0.5) is 11.5 Å². The number of ketones is 1. The molecule has 0 atom stereocenters. The van der Waals surface area contributed by atoms with Gasteiger partial charge in [0.05, 0.1) is 10.6 Å². The number of benzene rings is 2. The number of nitrogens with zero attached hydrogens (tertiary/aromatic N) is 3. The first-order chi connectivity index (χ1) is 14.8. The second kappa shape index (κ2) is 8.56. The van der Waals surface area contributed by atoms with Crippen LogP contribution < -0.4 is 5.32 Å². The average Bonchev–Trinajstić information content (AvgIpc) is 3.31. The summed E-state index contributed by atoms with van der Waals surface area (Å²) in [6.07, 6.45) is 1.79. The second-order valence-electron chi connectivity index (χ2n) is 7.66. The quantitative estimate of drug-likeness (QED) is 0.583. The maximum Gasteiger partial charge on any atom is 0.243 e. The predicted molar refractivity (Wildman–Crippen MR) is 120 cm³/mol. The van der Waals surface area contributed by atoms with Crippen molar-refractivity contribution in [2.45, 2.75) is 31.6 Å². The van der Waals surface area contributed by atoms with Gasteiger partial charge in [0.15, 0.2) is 11.6 Å². The third kappa shape index (κ3) is 4.50. The first-order valence-electron chi connectivity index (χ1n) is 10.2. The number of anilines is 2. The summed E-state index contributed by atoms with van der Waals surface area (Å²) in [7, 11) is -3.51. The van der Waals surface area contributed by atoms with E-state index in [0.717, 1.165) is 18.5 Å². The van der Waals surface area contributed by atoms with E-state index in [1.54, 1.807) is 53.7 Å². The van der Waals surface area contributed by atoms with Crippen LogP contribution in [0, 0.1) is 6.92 Å². The molecule has 4 rings (SSSR count). The van der Waals surface area contributed by atoms with Crippen LogP contribution in [0.1, 0.15) is 35.7 Å². The number of rotatable bonds is 6. The lowest BCUT2D eigenvalue weighted by atomic mass is 10.1. The van der Waals surface area contributed by atoms with Crippen molar-refractivity contribution in [2.24, 2.45) is 0 Å². The maximum absolute atomic E-state index is 13.0. The van der Waals surface area contributed by atoms with E-state index in [2.05, 4.69) is 15.5 Å². The lowest BCUT2D eigenvalue weighted by Gasteiger charge is -2.17. The van der Waals surface area contributed by atoms with Crippen molar-refractivity contribution in [3.63, 3.8) is 0 Å². The highest BCUT2D eigenvalue weighted by Crippen LogP contribution is 2.28. The summed E-state index contributed by atoms with van der Waals surface area (Å²) < 4.78 is 27.6. The van der Waals surface area contributed by atoms with Gasteiger partial charge in [-0.05, 0) is 62.6 Å². The van der Waals surface area contributed by atoms with Gasteiger partial charge in [0.2, 0.25) is 10.0 Å². The molecule has 8 heteroatoms. The molecule has 7 nitrogen and oxygen atoms in total. The standard InChI is InChI=1S/C23H24N4O3S/c1-16-8-9-19(15-22(16)31(29,30)27-12-3-4-13-27)21-10-11-23(26-25-21)24-20-7-5-6-18(14-20)17(2)28/h5-11,14-15H,3-4,12-13H2,1-2H3,(H,24,26). The van der Waals surface area contributed by atoms with E-state index >= 15 is 0 Å². The molecule has 1 aromatic heterocycles. The number of hydrogen-bond donors (Lipinski definition) is 1. The van der Waals surface area contributed by atoms with Gasteiger partial charge in [-0.15, -0.1) is 10.2 Å². The molecule has 3 aromatic rings. The molecule has 1 fully saturated rings. The SMILES string of the molecule is CC(=O)c1cccc(Nc2ccc(-c3ccc(C)c(S(=O)(=O)N4CCCC4)c3)nn2)c1. The molecule has 0 bridgehead atoms. The molecular weight excluding hydrogens is 412 g/mol. The van der Waals surface area contributed by atoms with Crippen LogP contribution >= 0.6 is 0 Å². The smallest absolute Gasteiger partial charge is 0.243 e. The molecule has 0 spiro atoms. The van der Waals surface area contributed by atoms with Gasteiger partial charge < -0.3 is 5.32 Å². The van der Waals surface area contributed by atoms with E-state index in [9.17, 15) is 13.2 Å². The van der Waals surface area contributed by atoms with Gasteiger partial charge in [-0.3, -0.25) is 4.79 Å². The van der Waals surface area contributed by atoms with E-state index in [1.807, 2.05) is 12.1 Å². The first kappa shape index (κ1) is 21.1. The Hall–Kier alpha value is -3.10. The highest BCUT2D eigenvalue weighted by Gasteiger charge is 2.28. The zero-order valence-corrected chi connectivity index (χ0v) is 18.3. The van der Waals surface area contributed by atoms with E-state index in [-0.39, 0.29) is 5.78 Å². The van der Waals surface area contributed by atoms with Crippen molar-refractivity contribution in [3.05, 3.63) is 65.7 Å². The van der Waals surface area contributed by atoms with Crippen molar-refractivity contribution in [1.82, 2.24) is 14.5 Å². The molecule has 31 heavy (non-hydrogen) atoms. The van der Waals surface area contributed by atoms with Crippen molar-refractivity contribution >= 4 is 27.3 Å². The third-order valence-corrected chi connectivity index (χ3v) is 7.41. The Morgan fingerprint density at radius 2 is 1.77 bits per heavy atom. The minimum Gasteiger partial charge on any atom is -0.339 e. The minimum atomic E-state index is -3.51. The van der Waals surface area contributed by atoms with Gasteiger partial charge in [0.1, 0.15) is 0 Å². The summed E-state index contributed by atoms with van der Waals surface area (Å²) in [4.78, 5) is 11.9. The predicted octanol–water partition coefficient (Wildman–Crippen LogP) is 4.18. The van der Waals surface area contributed by atoms with E-state index < -0.39 is 10.0 Å². The molecule has 1 aliphatic rings. The summed E-state index contributed by atoms with van der Waals surface area (Å²) in [5, 5.41) is 11.6. The third-order valence-electron chi connectivity index (χ3n) is 5.37. The van der Waals surface area contributed by atoms with Crippen LogP contribution in [0.25, 0.3) is 11.3 Å². The largest absolute Gasteiger partial charge is 0.339 e. The zero-order valence-electron chi connectivity index (χ0n) is 17.5. The Labute approximate surface area is 182 Å². The van der Waals surface area contributed by atoms with Crippen LogP contribution in [0.15, 0.2) is 59.5 Å². The summed E-state index contributed by atoms with van der Waals surface area (Å²) in [6, 6.07) is 16.1. The van der Waals surface area contributed by atoms with E-state index in [4.69, 9.17) is 0 Å². The van der Waals surface area contributed by atoms with Crippen molar-refractivity contribution in [1.29, 1.82) is 0 Å². The van der Waals surface area contributed by atoms with Gasteiger partial charge in [0.25, 0.3) is 0 Å². The Balaban J connectivity index is 1.58. The summed E-state index contributed by atoms with van der Waals surface area (Å²) in [5.41, 5.74) is 3.35. The Morgan fingerprint density at radius 3 is 2.45 bits per heavy atom. The molecule has 160 valence electrons. The Morgan fingerprint density at radius 1 is 1.00 bits per heavy atom. The van der Waals surface area contributed by atoms with Gasteiger partial charge in [-0.25, -0.2) is 8.42 Å². The van der Waals surface area contributed by atoms with Gasteiger partial charge in [-0.1, -0.05) is 24.3 Å². The molecule has 1 N–H and O–H groups in total. The fourth-order valence-electron chi connectivity index (χ4n) is 3.62. The fourth-order valence-corrected chi connectivity index (χ4v) is 5.39. The van der Waals surface area contributed by atoms with Gasteiger partial charge in [0, 0.05) is 29.9 Å². The molecule has 1 aliphatic heterocycles. The molecule has 0 radical (unpaired) electrons. The normalized spacial score (nSPS) is 14.5. The number of Topliss-reactive ketones (excluding diaryl/α,β-unsaturated/α-hetero) is 1. The summed E-state index contributed by atoms with van der Waals surface area (Å²) in [6.45, 7) is 4.46. The number of aromatic nitrogens is 2. The second-order valence-corrected chi connectivity index (χ2v) is 9.56. The molecule has 2 heterocycles. The van der Waals surface area contributed by atoms with E-state index in [1.165, 1.54) is 6.92 Å². The molecule has 0 saturated carbocycles. The number of sulfonamides is 1. The monoisotopic (exact) mass is 436 g/mol. The lowest BCUT2D eigenvalue weighted by Crippen LogP contribution is -2.28. The number of carbonyl (C=O) groups is 1. The number of nitrogens with one attached hydrogen (secondary N) is 1. The number of carbonyl (C=O) groups excluding carboxylic acids is 1. The minimum absolute atomic E-state index is 0.0101. The van der Waals surface area contributed by atoms with Crippen LogP contribution in [0.3, 0.4) is 0 Å². The number of hydrogen-bond acceptors (Lipinski definition) is 6. The highest BCUT2D eigenvalue weighted by molar-refractivity contribution is 7.89. The van der Waals surface area contributed by atoms with Crippen LogP contribution in [-0.4, -0.2) is 41.8 Å². The fraction of sp³-hybridized carbons (Fsp3) is 0.261. The molecule has 0 aliphatic carbocycles. The molecule has 0 amide bonds. The van der Waals surface area contributed by atoms with Gasteiger partial charge in [-0.2, -0.15) is 4.31 Å². The maximum atomic E-state index is 13.0. The van der Waals surface area contributed by atoms with Crippen LogP contribution in [0.2, 0.25) is 0 Å². The van der Waals surface area contributed by atoms with Crippen LogP contribution in [0.5, 0.6) is 0 Å². The number of aryl methyl sites for hydroxylation is 1. The summed E-state index contributed by atoms with van der Waals surface area (Å²) in [5.74, 6) is 0.519. The molecule has 0 unspecified atom stereocenters. The highest BCUT2D eigenvalue weighted by atomic mass is 32.2. The van der Waals surface area contributed by atoms with Crippen LogP contribution in [-0.2, 0) is 10.0 Å². The Bertz CT molecular complexity index is 1220. The van der Waals surface area contributed by atoms with Crippen molar-refractivity contribution in [2.75, 3.05) is 18.4 Å². The molecular formula is C23H24N4O3S. The lowest BCUT2D eigenvalue weighted by molar-refractivity contribution is 0.101. The first-order valence-corrected chi connectivity index (χ1v) is 11.6. The molecule has 2 aromatic carbocycles. The Kier molecular flexibility index (Phi) is 5.84. The van der Waals surface area contributed by atoms with Crippen molar-refractivity contribution < 1.29 is 13.2 Å². The zero-order chi connectivity index (χ0) is 22.0. The van der Waals surface area contributed by atoms with Gasteiger partial charge >= 0.3 is 0 Å². The van der Waals surface area contributed by atoms with Crippen molar-refractivity contribution in [3.8, 4) is 11.3 Å².